The molecule has 0 radical (unpaired) electrons. The smallest absolute Gasteiger partial charge is 0.325 e. The molecule has 0 aromatic rings. The summed E-state index contributed by atoms with van der Waals surface area (Å²) >= 11 is 0. The molecule has 154 valence electrons. The molecule has 0 aromatic carbocycles. The highest BCUT2D eigenvalue weighted by molar-refractivity contribution is 7.80. The van der Waals surface area contributed by atoms with Gasteiger partial charge in [0, 0.05) is 12.5 Å². The molecule has 3 aliphatic rings. The molecule has 27 heavy (non-hydrogen) atoms. The summed E-state index contributed by atoms with van der Waals surface area (Å²) in [5.41, 5.74) is 7.90. The molecule has 1 unspecified atom stereocenters. The first-order valence-corrected chi connectivity index (χ1v) is 9.68. The van der Waals surface area contributed by atoms with Crippen molar-refractivity contribution in [1.29, 1.82) is 0 Å². The topological polar surface area (TPSA) is 151 Å². The van der Waals surface area contributed by atoms with Crippen molar-refractivity contribution in [3.8, 4) is 0 Å². The van der Waals surface area contributed by atoms with Gasteiger partial charge in [0.1, 0.15) is 12.1 Å². The van der Waals surface area contributed by atoms with E-state index in [0.717, 1.165) is 24.2 Å². The molecule has 2 bridgehead atoms. The van der Waals surface area contributed by atoms with E-state index in [0.29, 0.717) is 0 Å². The van der Waals surface area contributed by atoms with Crippen molar-refractivity contribution in [2.24, 2.45) is 11.7 Å². The van der Waals surface area contributed by atoms with Crippen molar-refractivity contribution < 1.29 is 40.5 Å². The number of hydrogen-bond donors (Lipinski definition) is 3. The van der Waals surface area contributed by atoms with Crippen LogP contribution < -0.4 is 11.2 Å². The first-order valence-electron chi connectivity index (χ1n) is 8.31. The zero-order valence-electron chi connectivity index (χ0n) is 14.1. The van der Waals surface area contributed by atoms with Gasteiger partial charge in [0.2, 0.25) is 0 Å². The number of amides is 3. The van der Waals surface area contributed by atoms with Crippen LogP contribution in [0.15, 0.2) is 0 Å². The summed E-state index contributed by atoms with van der Waals surface area (Å²) in [5.74, 6) is -4.33. The lowest BCUT2D eigenvalue weighted by Gasteiger charge is -2.35. The second kappa shape index (κ2) is 7.09. The first kappa shape index (κ1) is 20.1. The summed E-state index contributed by atoms with van der Waals surface area (Å²) in [6.07, 6.45) is 1.93. The Kier molecular flexibility index (Phi) is 5.28. The predicted molar refractivity (Wildman–Crippen MR) is 83.1 cm³/mol. The van der Waals surface area contributed by atoms with Crippen LogP contribution in [0.25, 0.3) is 0 Å². The Hall–Kier alpha value is -1.61. The number of hydroxylamine groups is 3. The van der Waals surface area contributed by atoms with Crippen LogP contribution in [0.4, 0.5) is 13.6 Å². The number of rotatable bonds is 7. The maximum absolute atomic E-state index is 14.3. The highest BCUT2D eigenvalue weighted by Crippen LogP contribution is 2.41. The third kappa shape index (κ3) is 4.13. The lowest BCUT2D eigenvalue weighted by atomic mass is 9.80. The van der Waals surface area contributed by atoms with E-state index < -0.39 is 53.3 Å². The molecule has 3 rings (SSSR count). The van der Waals surface area contributed by atoms with Gasteiger partial charge in [-0.1, -0.05) is 6.42 Å². The number of nitrogens with zero attached hydrogens (tertiary/aromatic N) is 2. The molecule has 3 atom stereocenters. The summed E-state index contributed by atoms with van der Waals surface area (Å²) in [6, 6.07) is -5.13. The molecule has 11 nitrogen and oxygen atoms in total. The van der Waals surface area contributed by atoms with Crippen LogP contribution in [0.3, 0.4) is 0 Å². The van der Waals surface area contributed by atoms with Gasteiger partial charge in [-0.15, -0.1) is 4.28 Å². The Morgan fingerprint density at radius 3 is 2.67 bits per heavy atom. The molecular formula is C13H20F2N4O7S. The third-order valence-electron chi connectivity index (χ3n) is 5.10. The molecular weight excluding hydrogens is 394 g/mol. The van der Waals surface area contributed by atoms with E-state index in [2.05, 4.69) is 4.28 Å². The maximum atomic E-state index is 14.3. The zero-order chi connectivity index (χ0) is 20.0. The Balaban J connectivity index is 1.62. The fourth-order valence-corrected chi connectivity index (χ4v) is 3.74. The number of fused-ring (bicyclic) bond motifs is 2. The van der Waals surface area contributed by atoms with Gasteiger partial charge in [-0.3, -0.25) is 14.2 Å². The average molecular weight is 414 g/mol. The Labute approximate surface area is 153 Å². The van der Waals surface area contributed by atoms with Crippen LogP contribution in [0.5, 0.6) is 0 Å². The van der Waals surface area contributed by atoms with Gasteiger partial charge in [0.05, 0.1) is 13.2 Å². The number of carbonyl (C=O) groups excluding carboxylic acids is 2. The molecule has 1 saturated carbocycles. The van der Waals surface area contributed by atoms with Crippen LogP contribution in [0.1, 0.15) is 25.7 Å². The third-order valence-corrected chi connectivity index (χ3v) is 5.45. The van der Waals surface area contributed by atoms with Crippen LogP contribution in [0.2, 0.25) is 0 Å². The molecule has 0 spiro atoms. The number of halogens is 2. The zero-order valence-corrected chi connectivity index (χ0v) is 14.9. The van der Waals surface area contributed by atoms with Gasteiger partial charge in [0.15, 0.2) is 0 Å². The van der Waals surface area contributed by atoms with Crippen molar-refractivity contribution >= 4 is 22.3 Å². The average Bonchev–Trinajstić information content (AvgIpc) is 2.76. The van der Waals surface area contributed by atoms with E-state index in [9.17, 15) is 26.8 Å². The van der Waals surface area contributed by atoms with E-state index in [1.165, 1.54) is 0 Å². The molecule has 2 aliphatic heterocycles. The van der Waals surface area contributed by atoms with E-state index in [-0.39, 0.29) is 23.6 Å². The van der Waals surface area contributed by atoms with Gasteiger partial charge in [-0.2, -0.15) is 13.5 Å². The fourth-order valence-electron chi connectivity index (χ4n) is 3.37. The van der Waals surface area contributed by atoms with Crippen LogP contribution >= 0.6 is 0 Å². The molecule has 3 amide bonds. The van der Waals surface area contributed by atoms with Crippen molar-refractivity contribution in [3.63, 3.8) is 0 Å². The first-order chi connectivity index (χ1) is 12.5. The summed E-state index contributed by atoms with van der Waals surface area (Å²) in [6.45, 7) is -0.658. The lowest BCUT2D eigenvalue weighted by molar-refractivity contribution is -0.159. The monoisotopic (exact) mass is 414 g/mol. The number of carbonyl (C=O) groups is 2. The summed E-state index contributed by atoms with van der Waals surface area (Å²) < 4.78 is 62.8. The number of nitrogens with two attached hydrogens (primary N) is 1. The molecule has 2 heterocycles. The Morgan fingerprint density at radius 2 is 2.11 bits per heavy atom. The second-order valence-electron chi connectivity index (χ2n) is 6.89. The normalized spacial score (nSPS) is 28.8. The largest absolute Gasteiger partial charge is 0.418 e. The van der Waals surface area contributed by atoms with Crippen LogP contribution in [-0.4, -0.2) is 72.1 Å². The van der Waals surface area contributed by atoms with Gasteiger partial charge >= 0.3 is 16.4 Å². The number of hydrogen-bond acceptors (Lipinski definition) is 7. The molecule has 14 heteroatoms. The minimum atomic E-state index is -5.19. The highest BCUT2D eigenvalue weighted by Gasteiger charge is 2.62. The predicted octanol–water partition coefficient (Wildman–Crippen LogP) is -0.590. The van der Waals surface area contributed by atoms with Gasteiger partial charge < -0.3 is 10.6 Å². The van der Waals surface area contributed by atoms with Gasteiger partial charge in [-0.05, 0) is 18.8 Å². The van der Waals surface area contributed by atoms with E-state index in [4.69, 9.17) is 15.1 Å². The van der Waals surface area contributed by atoms with E-state index in [1.807, 2.05) is 5.48 Å². The van der Waals surface area contributed by atoms with E-state index in [1.54, 1.807) is 0 Å². The number of alkyl halides is 2. The highest BCUT2D eigenvalue weighted by atomic mass is 32.3. The van der Waals surface area contributed by atoms with Crippen LogP contribution in [-0.2, 0) is 24.3 Å². The molecule has 3 fully saturated rings. The molecule has 0 aromatic heterocycles. The van der Waals surface area contributed by atoms with Crippen LogP contribution in [0, 0.1) is 5.92 Å². The quantitative estimate of drug-likeness (QED) is 0.369. The minimum Gasteiger partial charge on any atom is -0.325 e. The van der Waals surface area contributed by atoms with E-state index >= 15 is 0 Å². The van der Waals surface area contributed by atoms with Crippen molar-refractivity contribution in [3.05, 3.63) is 0 Å². The molecule has 2 saturated heterocycles. The summed E-state index contributed by atoms with van der Waals surface area (Å²) in [4.78, 5) is 30.1. The number of piperidine rings is 1. The Morgan fingerprint density at radius 1 is 1.44 bits per heavy atom. The van der Waals surface area contributed by atoms with Gasteiger partial charge in [0.25, 0.3) is 11.8 Å². The maximum Gasteiger partial charge on any atom is 0.418 e. The minimum absolute atomic E-state index is 0.00587. The standard InChI is InChI=1S/C13H20F2N4O7S/c14-13(15)4-9(11(20)17-25-6-8(16)7-2-1-3-7)18-5-10(13)19(12(18)21)26-27(22,23)24/h7-10H,1-6,16H2,(H,17,20)(H,22,23,24)/t8?,9-,10-/m0/s1. The molecule has 4 N–H and O–H groups in total. The second-order valence-corrected chi connectivity index (χ2v) is 7.90. The number of nitrogens with one attached hydrogen (secondary N) is 1. The SMILES string of the molecule is NC(CONC(=O)[C@@H]1CC(F)(F)[C@@H]2CN1C(=O)N2OS(=O)(=O)O)C1CCC1. The lowest BCUT2D eigenvalue weighted by Crippen LogP contribution is -2.56. The molecule has 1 aliphatic carbocycles. The van der Waals surface area contributed by atoms with Gasteiger partial charge in [-0.25, -0.2) is 19.1 Å². The van der Waals surface area contributed by atoms with Crippen molar-refractivity contribution in [1.82, 2.24) is 15.4 Å². The van der Waals surface area contributed by atoms with Crippen molar-refractivity contribution in [2.45, 2.75) is 49.7 Å². The fraction of sp³-hybridized carbons (Fsp3) is 0.846. The Bertz CT molecular complexity index is 717. The number of urea groups is 1. The summed E-state index contributed by atoms with van der Waals surface area (Å²) in [7, 11) is -5.19. The van der Waals surface area contributed by atoms with Crippen molar-refractivity contribution in [2.75, 3.05) is 13.2 Å². The summed E-state index contributed by atoms with van der Waals surface area (Å²) in [5, 5.41) is -0.129.